The number of carbonyl (C=O) groups excluding carboxylic acids is 2. The maximum atomic E-state index is 12.5. The van der Waals surface area contributed by atoms with E-state index in [1.165, 1.54) is 7.11 Å². The van der Waals surface area contributed by atoms with Gasteiger partial charge in [-0.3, -0.25) is 4.79 Å². The highest BCUT2D eigenvalue weighted by Gasteiger charge is 2.28. The maximum absolute atomic E-state index is 12.5. The largest absolute Gasteiger partial charge is 0.479 e. The van der Waals surface area contributed by atoms with Crippen LogP contribution in [-0.4, -0.2) is 25.0 Å². The Bertz CT molecular complexity index is 866. The van der Waals surface area contributed by atoms with E-state index < -0.39 is 12.1 Å². The Labute approximate surface area is 145 Å². The van der Waals surface area contributed by atoms with E-state index in [0.717, 1.165) is 11.1 Å². The first kappa shape index (κ1) is 16.8. The van der Waals surface area contributed by atoms with Crippen molar-refractivity contribution in [1.29, 1.82) is 0 Å². The van der Waals surface area contributed by atoms with Gasteiger partial charge in [-0.1, -0.05) is 29.8 Å². The summed E-state index contributed by atoms with van der Waals surface area (Å²) in [5.41, 5.74) is 2.47. The molecule has 1 aliphatic heterocycles. The molecule has 0 saturated carbocycles. The number of rotatable bonds is 4. The Hall–Kier alpha value is -3.08. The second kappa shape index (κ2) is 6.81. The lowest BCUT2D eigenvalue weighted by atomic mass is 10.1. The minimum Gasteiger partial charge on any atom is -0.479 e. The zero-order valence-electron chi connectivity index (χ0n) is 14.2. The highest BCUT2D eigenvalue weighted by atomic mass is 16.6. The van der Waals surface area contributed by atoms with Crippen LogP contribution in [0.2, 0.25) is 0 Å². The molecule has 0 amide bonds. The average Bonchev–Trinajstić information content (AvgIpc) is 2.89. The number of carbonyl (C=O) groups is 2. The number of fused-ring (bicyclic) bond motifs is 1. The number of ether oxygens (including phenoxy) is 3. The number of ketones is 1. The molecule has 0 radical (unpaired) electrons. The minimum absolute atomic E-state index is 0.177. The summed E-state index contributed by atoms with van der Waals surface area (Å²) in [5, 5.41) is 0. The van der Waals surface area contributed by atoms with Crippen LogP contribution < -0.4 is 9.47 Å². The lowest BCUT2D eigenvalue weighted by Crippen LogP contribution is -2.24. The van der Waals surface area contributed by atoms with E-state index in [4.69, 9.17) is 9.47 Å². The van der Waals surface area contributed by atoms with Crippen LogP contribution in [-0.2, 0) is 9.53 Å². The third kappa shape index (κ3) is 3.55. The van der Waals surface area contributed by atoms with Crippen LogP contribution in [0, 0.1) is 6.92 Å². The molecule has 5 heteroatoms. The molecule has 5 nitrogen and oxygen atoms in total. The first-order valence-corrected chi connectivity index (χ1v) is 7.87. The van der Waals surface area contributed by atoms with Gasteiger partial charge in [-0.2, -0.15) is 0 Å². The lowest BCUT2D eigenvalue weighted by Gasteiger charge is -2.12. The Morgan fingerprint density at radius 1 is 1.20 bits per heavy atom. The van der Waals surface area contributed by atoms with E-state index in [0.29, 0.717) is 17.1 Å². The standard InChI is InChI=1S/C20H18O5/c1-12-5-4-6-14(9-12)10-18-19(21)16-8-7-15(11-17(16)25-18)24-13(2)20(22)23-3/h4-11,13H,1-3H3. The van der Waals surface area contributed by atoms with E-state index in [2.05, 4.69) is 4.74 Å². The fourth-order valence-corrected chi connectivity index (χ4v) is 2.57. The first-order chi connectivity index (χ1) is 12.0. The molecule has 1 aliphatic rings. The van der Waals surface area contributed by atoms with Gasteiger partial charge in [0.15, 0.2) is 11.9 Å². The molecule has 25 heavy (non-hydrogen) atoms. The van der Waals surface area contributed by atoms with Crippen LogP contribution in [0.15, 0.2) is 48.2 Å². The third-order valence-corrected chi connectivity index (χ3v) is 3.83. The summed E-state index contributed by atoms with van der Waals surface area (Å²) in [6.07, 6.45) is 0.967. The van der Waals surface area contributed by atoms with Crippen molar-refractivity contribution in [3.05, 3.63) is 64.9 Å². The smallest absolute Gasteiger partial charge is 0.346 e. The summed E-state index contributed by atoms with van der Waals surface area (Å²) in [5.74, 6) is 0.458. The number of allylic oxidation sites excluding steroid dienone is 1. The molecule has 1 unspecified atom stereocenters. The van der Waals surface area contributed by atoms with Gasteiger partial charge >= 0.3 is 5.97 Å². The molecule has 0 N–H and O–H groups in total. The van der Waals surface area contributed by atoms with Gasteiger partial charge in [-0.05, 0) is 37.6 Å². The molecule has 1 heterocycles. The van der Waals surface area contributed by atoms with Crippen molar-refractivity contribution in [3.63, 3.8) is 0 Å². The van der Waals surface area contributed by atoms with E-state index in [9.17, 15) is 9.59 Å². The maximum Gasteiger partial charge on any atom is 0.346 e. The van der Waals surface area contributed by atoms with Crippen LogP contribution in [0.5, 0.6) is 11.5 Å². The molecular weight excluding hydrogens is 320 g/mol. The lowest BCUT2D eigenvalue weighted by molar-refractivity contribution is -0.147. The molecule has 0 saturated heterocycles. The van der Waals surface area contributed by atoms with Crippen molar-refractivity contribution < 1.29 is 23.8 Å². The quantitative estimate of drug-likeness (QED) is 0.630. The second-order valence-electron chi connectivity index (χ2n) is 5.80. The molecule has 0 spiro atoms. The van der Waals surface area contributed by atoms with Crippen LogP contribution in [0.25, 0.3) is 6.08 Å². The Balaban J connectivity index is 1.83. The first-order valence-electron chi connectivity index (χ1n) is 7.87. The summed E-state index contributed by atoms with van der Waals surface area (Å²) in [4.78, 5) is 23.9. The molecule has 2 aromatic carbocycles. The minimum atomic E-state index is -0.748. The zero-order chi connectivity index (χ0) is 18.0. The number of benzene rings is 2. The highest BCUT2D eigenvalue weighted by molar-refractivity contribution is 6.14. The fourth-order valence-electron chi connectivity index (χ4n) is 2.57. The van der Waals surface area contributed by atoms with Crippen LogP contribution in [0.4, 0.5) is 0 Å². The van der Waals surface area contributed by atoms with Crippen molar-refractivity contribution in [1.82, 2.24) is 0 Å². The predicted octanol–water partition coefficient (Wildman–Crippen LogP) is 3.55. The number of methoxy groups -OCH3 is 1. The molecule has 0 bridgehead atoms. The monoisotopic (exact) mass is 338 g/mol. The summed E-state index contributed by atoms with van der Waals surface area (Å²) in [7, 11) is 1.30. The van der Waals surface area contributed by atoms with Crippen molar-refractivity contribution in [3.8, 4) is 11.5 Å². The average molecular weight is 338 g/mol. The molecule has 128 valence electrons. The van der Waals surface area contributed by atoms with Gasteiger partial charge in [0.2, 0.25) is 5.78 Å². The van der Waals surface area contributed by atoms with Crippen LogP contribution in [0.3, 0.4) is 0 Å². The summed E-state index contributed by atoms with van der Waals surface area (Å²) >= 11 is 0. The molecular formula is C20H18O5. The molecule has 0 fully saturated rings. The van der Waals surface area contributed by atoms with Gasteiger partial charge in [0.25, 0.3) is 0 Å². The number of Topliss-reactive ketones (excluding diaryl/α,β-unsaturated/α-hetero) is 1. The number of hydrogen-bond donors (Lipinski definition) is 0. The summed E-state index contributed by atoms with van der Waals surface area (Å²) in [6, 6.07) is 12.7. The van der Waals surface area contributed by atoms with Gasteiger partial charge in [-0.25, -0.2) is 4.79 Å². The normalized spacial score (nSPS) is 15.5. The van der Waals surface area contributed by atoms with Gasteiger partial charge in [0, 0.05) is 6.07 Å². The molecule has 2 aromatic rings. The third-order valence-electron chi connectivity index (χ3n) is 3.83. The van der Waals surface area contributed by atoms with E-state index in [1.807, 2.05) is 31.2 Å². The summed E-state index contributed by atoms with van der Waals surface area (Å²) in [6.45, 7) is 3.58. The molecule has 0 aromatic heterocycles. The fraction of sp³-hybridized carbons (Fsp3) is 0.200. The Morgan fingerprint density at radius 3 is 2.72 bits per heavy atom. The number of hydrogen-bond acceptors (Lipinski definition) is 5. The van der Waals surface area contributed by atoms with E-state index >= 15 is 0 Å². The Kier molecular flexibility index (Phi) is 4.57. The number of aryl methyl sites for hydroxylation is 1. The zero-order valence-corrected chi connectivity index (χ0v) is 14.2. The van der Waals surface area contributed by atoms with Gasteiger partial charge in [-0.15, -0.1) is 0 Å². The van der Waals surface area contributed by atoms with Crippen molar-refractivity contribution >= 4 is 17.8 Å². The van der Waals surface area contributed by atoms with Crippen molar-refractivity contribution in [2.75, 3.05) is 7.11 Å². The SMILES string of the molecule is COC(=O)C(C)Oc1ccc2c(c1)OC(=Cc1cccc(C)c1)C2=O. The second-order valence-corrected chi connectivity index (χ2v) is 5.80. The topological polar surface area (TPSA) is 61.8 Å². The van der Waals surface area contributed by atoms with Crippen LogP contribution >= 0.6 is 0 Å². The number of esters is 1. The highest BCUT2D eigenvalue weighted by Crippen LogP contribution is 2.35. The molecule has 1 atom stereocenters. The van der Waals surface area contributed by atoms with Crippen molar-refractivity contribution in [2.45, 2.75) is 20.0 Å². The van der Waals surface area contributed by atoms with Crippen LogP contribution in [0.1, 0.15) is 28.4 Å². The molecule has 3 rings (SSSR count). The van der Waals surface area contributed by atoms with Gasteiger partial charge in [0.1, 0.15) is 11.5 Å². The van der Waals surface area contributed by atoms with Crippen molar-refractivity contribution in [2.24, 2.45) is 0 Å². The van der Waals surface area contributed by atoms with E-state index in [1.54, 1.807) is 31.2 Å². The van der Waals surface area contributed by atoms with Gasteiger partial charge in [0.05, 0.1) is 12.7 Å². The summed E-state index contributed by atoms with van der Waals surface area (Å²) < 4.78 is 15.8. The van der Waals surface area contributed by atoms with E-state index in [-0.39, 0.29) is 11.5 Å². The predicted molar refractivity (Wildman–Crippen MR) is 92.7 cm³/mol. The Morgan fingerprint density at radius 2 is 2.00 bits per heavy atom. The molecule has 0 aliphatic carbocycles. The van der Waals surface area contributed by atoms with Gasteiger partial charge < -0.3 is 14.2 Å².